The third-order valence-corrected chi connectivity index (χ3v) is 5.56. The lowest BCUT2D eigenvalue weighted by molar-refractivity contribution is 0.254. The van der Waals surface area contributed by atoms with E-state index in [1.165, 1.54) is 0 Å². The van der Waals surface area contributed by atoms with Gasteiger partial charge in [-0.15, -0.1) is 0 Å². The van der Waals surface area contributed by atoms with Gasteiger partial charge in [0.15, 0.2) is 0 Å². The maximum absolute atomic E-state index is 13.5. The lowest BCUT2D eigenvalue weighted by Crippen LogP contribution is -2.19. The van der Waals surface area contributed by atoms with E-state index in [4.69, 9.17) is 9.05 Å². The van der Waals surface area contributed by atoms with Crippen molar-refractivity contribution in [2.75, 3.05) is 11.7 Å². The average molecular weight is 353 g/mol. The van der Waals surface area contributed by atoms with Crippen molar-refractivity contribution in [3.8, 4) is 5.75 Å². The minimum atomic E-state index is -3.59. The maximum Gasteiger partial charge on any atom is 0.489 e. The SMILES string of the molecule is CN(c1ccccc1)P(=O)(OCc1ccccc1)Oc1ccccc1. The molecule has 5 heteroatoms. The monoisotopic (exact) mass is 353 g/mol. The molecule has 3 aromatic rings. The molecule has 0 saturated carbocycles. The van der Waals surface area contributed by atoms with Gasteiger partial charge in [-0.2, -0.15) is 0 Å². The Morgan fingerprint density at radius 1 is 0.800 bits per heavy atom. The van der Waals surface area contributed by atoms with Gasteiger partial charge in [0.2, 0.25) is 0 Å². The predicted molar refractivity (Wildman–Crippen MR) is 101 cm³/mol. The van der Waals surface area contributed by atoms with Gasteiger partial charge in [0.05, 0.1) is 6.61 Å². The molecule has 0 bridgehead atoms. The van der Waals surface area contributed by atoms with Gasteiger partial charge in [-0.3, -0.25) is 9.19 Å². The smallest absolute Gasteiger partial charge is 0.409 e. The Hall–Kier alpha value is -2.55. The Bertz CT molecular complexity index is 825. The highest BCUT2D eigenvalue weighted by molar-refractivity contribution is 7.56. The van der Waals surface area contributed by atoms with Crippen molar-refractivity contribution < 1.29 is 13.6 Å². The molecule has 0 spiro atoms. The molecule has 0 aliphatic carbocycles. The third-order valence-electron chi connectivity index (χ3n) is 3.70. The van der Waals surface area contributed by atoms with Crippen LogP contribution in [0.25, 0.3) is 0 Å². The summed E-state index contributed by atoms with van der Waals surface area (Å²) in [4.78, 5) is 0. The second-order valence-electron chi connectivity index (χ2n) is 5.49. The van der Waals surface area contributed by atoms with E-state index in [0.717, 1.165) is 11.3 Å². The fraction of sp³-hybridized carbons (Fsp3) is 0.100. The lowest BCUT2D eigenvalue weighted by Gasteiger charge is -2.28. The Balaban J connectivity index is 1.86. The van der Waals surface area contributed by atoms with Crippen LogP contribution in [0, 0.1) is 0 Å². The number of hydrogen-bond donors (Lipinski definition) is 0. The molecule has 4 nitrogen and oxygen atoms in total. The topological polar surface area (TPSA) is 38.8 Å². The third kappa shape index (κ3) is 4.50. The molecular formula is C20H20NO3P. The highest BCUT2D eigenvalue weighted by Crippen LogP contribution is 2.53. The van der Waals surface area contributed by atoms with Crippen molar-refractivity contribution in [1.82, 2.24) is 0 Å². The number of anilines is 1. The van der Waals surface area contributed by atoms with E-state index in [1.807, 2.05) is 78.9 Å². The van der Waals surface area contributed by atoms with Crippen molar-refractivity contribution in [2.45, 2.75) is 6.61 Å². The van der Waals surface area contributed by atoms with E-state index in [9.17, 15) is 4.57 Å². The average Bonchev–Trinajstić information content (AvgIpc) is 2.68. The number of rotatable bonds is 7. The molecule has 3 rings (SSSR count). The molecule has 0 aliphatic heterocycles. The van der Waals surface area contributed by atoms with Crippen LogP contribution in [0.2, 0.25) is 0 Å². The van der Waals surface area contributed by atoms with Gasteiger partial charge in [0.25, 0.3) is 0 Å². The summed E-state index contributed by atoms with van der Waals surface area (Å²) in [5.41, 5.74) is 1.69. The van der Waals surface area contributed by atoms with Crippen LogP contribution in [0.4, 0.5) is 5.69 Å². The number of nitrogens with zero attached hydrogens (tertiary/aromatic N) is 1. The van der Waals surface area contributed by atoms with E-state index in [1.54, 1.807) is 23.9 Å². The van der Waals surface area contributed by atoms with Gasteiger partial charge < -0.3 is 4.52 Å². The largest absolute Gasteiger partial charge is 0.489 e. The molecule has 0 N–H and O–H groups in total. The molecular weight excluding hydrogens is 333 g/mol. The summed E-state index contributed by atoms with van der Waals surface area (Å²) in [5.74, 6) is 0.502. The zero-order valence-electron chi connectivity index (χ0n) is 14.0. The van der Waals surface area contributed by atoms with Gasteiger partial charge >= 0.3 is 7.75 Å². The maximum atomic E-state index is 13.5. The minimum absolute atomic E-state index is 0.197. The molecule has 0 fully saturated rings. The second kappa shape index (κ2) is 8.02. The lowest BCUT2D eigenvalue weighted by atomic mass is 10.2. The highest BCUT2D eigenvalue weighted by atomic mass is 31.2. The molecule has 0 radical (unpaired) electrons. The van der Waals surface area contributed by atoms with E-state index >= 15 is 0 Å². The summed E-state index contributed by atoms with van der Waals surface area (Å²) >= 11 is 0. The molecule has 0 saturated heterocycles. The zero-order valence-corrected chi connectivity index (χ0v) is 14.9. The molecule has 25 heavy (non-hydrogen) atoms. The van der Waals surface area contributed by atoms with Gasteiger partial charge in [-0.05, 0) is 29.8 Å². The molecule has 0 amide bonds. The first-order valence-electron chi connectivity index (χ1n) is 8.00. The fourth-order valence-electron chi connectivity index (χ4n) is 2.30. The summed E-state index contributed by atoms with van der Waals surface area (Å²) in [5, 5.41) is 0. The van der Waals surface area contributed by atoms with E-state index in [2.05, 4.69) is 0 Å². The Morgan fingerprint density at radius 3 is 1.92 bits per heavy atom. The molecule has 1 atom stereocenters. The van der Waals surface area contributed by atoms with Crippen molar-refractivity contribution >= 4 is 13.4 Å². The van der Waals surface area contributed by atoms with Gasteiger partial charge in [-0.1, -0.05) is 66.7 Å². The molecule has 1 unspecified atom stereocenters. The number of benzene rings is 3. The fourth-order valence-corrected chi connectivity index (χ4v) is 3.77. The van der Waals surface area contributed by atoms with E-state index in [0.29, 0.717) is 5.75 Å². The summed E-state index contributed by atoms with van der Waals surface area (Å²) < 4.78 is 26.7. The van der Waals surface area contributed by atoms with Gasteiger partial charge in [-0.25, -0.2) is 4.57 Å². The van der Waals surface area contributed by atoms with Crippen LogP contribution in [0.1, 0.15) is 5.56 Å². The molecule has 3 aromatic carbocycles. The van der Waals surface area contributed by atoms with Crippen LogP contribution in [0.15, 0.2) is 91.0 Å². The Labute approximate surface area is 148 Å². The highest BCUT2D eigenvalue weighted by Gasteiger charge is 2.33. The van der Waals surface area contributed by atoms with Gasteiger partial charge in [0, 0.05) is 12.7 Å². The summed E-state index contributed by atoms with van der Waals surface area (Å²) in [6.07, 6.45) is 0. The summed E-state index contributed by atoms with van der Waals surface area (Å²) in [7, 11) is -1.87. The van der Waals surface area contributed by atoms with Crippen molar-refractivity contribution in [2.24, 2.45) is 0 Å². The van der Waals surface area contributed by atoms with Crippen molar-refractivity contribution in [1.29, 1.82) is 0 Å². The first-order valence-corrected chi connectivity index (χ1v) is 9.49. The Morgan fingerprint density at radius 2 is 1.32 bits per heavy atom. The minimum Gasteiger partial charge on any atom is -0.409 e. The summed E-state index contributed by atoms with van der Waals surface area (Å²) in [6.45, 7) is 0.197. The van der Waals surface area contributed by atoms with Crippen LogP contribution < -0.4 is 9.19 Å². The Kier molecular flexibility index (Phi) is 5.54. The van der Waals surface area contributed by atoms with Crippen LogP contribution in [0.3, 0.4) is 0 Å². The normalized spacial score (nSPS) is 13.0. The zero-order chi connectivity index (χ0) is 17.5. The standard InChI is InChI=1S/C20H20NO3P/c1-21(19-13-7-3-8-14-19)25(22,24-20-15-9-4-10-16-20)23-17-18-11-5-2-6-12-18/h2-16H,17H2,1H3. The predicted octanol–water partition coefficient (Wildman–Crippen LogP) is 5.53. The van der Waals surface area contributed by atoms with Crippen molar-refractivity contribution in [3.63, 3.8) is 0 Å². The molecule has 0 heterocycles. The van der Waals surface area contributed by atoms with E-state index < -0.39 is 7.75 Å². The van der Waals surface area contributed by atoms with Crippen molar-refractivity contribution in [3.05, 3.63) is 96.6 Å². The number of hydrogen-bond acceptors (Lipinski definition) is 3. The second-order valence-corrected chi connectivity index (χ2v) is 7.47. The quantitative estimate of drug-likeness (QED) is 0.524. The first kappa shape index (κ1) is 17.3. The van der Waals surface area contributed by atoms with Gasteiger partial charge in [0.1, 0.15) is 5.75 Å². The van der Waals surface area contributed by atoms with Crippen LogP contribution in [-0.2, 0) is 15.7 Å². The molecule has 0 aromatic heterocycles. The molecule has 0 aliphatic rings. The van der Waals surface area contributed by atoms with E-state index in [-0.39, 0.29) is 6.61 Å². The van der Waals surface area contributed by atoms with Crippen LogP contribution in [-0.4, -0.2) is 7.05 Å². The first-order chi connectivity index (χ1) is 12.2. The van der Waals surface area contributed by atoms with Crippen LogP contribution in [0.5, 0.6) is 5.75 Å². The molecule has 128 valence electrons. The number of para-hydroxylation sites is 2. The van der Waals surface area contributed by atoms with Crippen LogP contribution >= 0.6 is 7.75 Å². The summed E-state index contributed by atoms with van der Waals surface area (Å²) in [6, 6.07) is 28.1.